The summed E-state index contributed by atoms with van der Waals surface area (Å²) in [7, 11) is 1.67. The van der Waals surface area contributed by atoms with Crippen LogP contribution in [-0.2, 0) is 14.3 Å². The first-order chi connectivity index (χ1) is 10.2. The van der Waals surface area contributed by atoms with Gasteiger partial charge in [-0.25, -0.2) is 0 Å². The number of ether oxygens (including phenoxy) is 1. The molecule has 1 heterocycles. The van der Waals surface area contributed by atoms with E-state index in [4.69, 9.17) is 4.74 Å². The minimum absolute atomic E-state index is 0.0800. The molecule has 1 atom stereocenters. The van der Waals surface area contributed by atoms with Crippen molar-refractivity contribution in [1.29, 1.82) is 0 Å². The molecule has 1 saturated heterocycles. The molecule has 0 aromatic rings. The van der Waals surface area contributed by atoms with E-state index >= 15 is 0 Å². The number of methoxy groups -OCH3 is 1. The Morgan fingerprint density at radius 2 is 1.95 bits per heavy atom. The highest BCUT2D eigenvalue weighted by molar-refractivity contribution is 6.00. The van der Waals surface area contributed by atoms with Gasteiger partial charge in [-0.2, -0.15) is 0 Å². The molecule has 2 amide bonds. The van der Waals surface area contributed by atoms with Crippen molar-refractivity contribution in [2.75, 3.05) is 20.3 Å². The van der Waals surface area contributed by atoms with Crippen LogP contribution in [0, 0.1) is 5.92 Å². The third-order valence-electron chi connectivity index (χ3n) is 5.16. The fourth-order valence-corrected chi connectivity index (χ4v) is 3.90. The zero-order valence-electron chi connectivity index (χ0n) is 12.9. The lowest BCUT2D eigenvalue weighted by molar-refractivity contribution is -0.157. The Hall–Kier alpha value is -1.10. The first kappa shape index (κ1) is 14.8. The predicted octanol–water partition coefficient (Wildman–Crippen LogP) is 1.46. The Bertz CT molecular complexity index is 414. The van der Waals surface area contributed by atoms with Crippen LogP contribution in [0.4, 0.5) is 0 Å². The van der Waals surface area contributed by atoms with Crippen LogP contribution >= 0.6 is 0 Å². The van der Waals surface area contributed by atoms with Crippen LogP contribution in [0.25, 0.3) is 0 Å². The van der Waals surface area contributed by atoms with Gasteiger partial charge in [0.05, 0.1) is 0 Å². The van der Waals surface area contributed by atoms with Gasteiger partial charge in [0.2, 0.25) is 11.8 Å². The van der Waals surface area contributed by atoms with Crippen molar-refractivity contribution < 1.29 is 14.3 Å². The van der Waals surface area contributed by atoms with Crippen molar-refractivity contribution in [2.24, 2.45) is 5.92 Å². The van der Waals surface area contributed by atoms with E-state index in [1.165, 1.54) is 6.42 Å². The second-order valence-electron chi connectivity index (χ2n) is 6.76. The molecule has 5 nitrogen and oxygen atoms in total. The molecule has 3 fully saturated rings. The topological polar surface area (TPSA) is 58.6 Å². The van der Waals surface area contributed by atoms with Crippen molar-refractivity contribution in [1.82, 2.24) is 10.2 Å². The number of amides is 2. The molecule has 118 valence electrons. The van der Waals surface area contributed by atoms with E-state index in [1.807, 2.05) is 4.90 Å². The van der Waals surface area contributed by atoms with Crippen molar-refractivity contribution in [3.05, 3.63) is 0 Å². The molecule has 1 unspecified atom stereocenters. The first-order valence-corrected chi connectivity index (χ1v) is 8.30. The molecule has 2 aliphatic carbocycles. The quantitative estimate of drug-likeness (QED) is 0.781. The highest BCUT2D eigenvalue weighted by Gasteiger charge is 2.54. The molecular formula is C16H26N2O3. The van der Waals surface area contributed by atoms with E-state index in [9.17, 15) is 9.59 Å². The van der Waals surface area contributed by atoms with Gasteiger partial charge in [0, 0.05) is 20.3 Å². The Morgan fingerprint density at radius 1 is 1.24 bits per heavy atom. The second kappa shape index (κ2) is 5.95. The molecule has 0 radical (unpaired) electrons. The summed E-state index contributed by atoms with van der Waals surface area (Å²) in [5.74, 6) is 0.614. The maximum Gasteiger partial charge on any atom is 0.249 e. The normalized spacial score (nSPS) is 28.8. The number of hydrogen-bond donors (Lipinski definition) is 1. The minimum atomic E-state index is -0.603. The van der Waals surface area contributed by atoms with Crippen LogP contribution in [0.3, 0.4) is 0 Å². The Balaban J connectivity index is 1.79. The number of nitrogens with zero attached hydrogens (tertiary/aromatic N) is 1. The molecule has 1 spiro atoms. The molecule has 0 aromatic heterocycles. The van der Waals surface area contributed by atoms with Crippen LogP contribution in [0.1, 0.15) is 51.4 Å². The van der Waals surface area contributed by atoms with Crippen LogP contribution in [0.15, 0.2) is 0 Å². The van der Waals surface area contributed by atoms with Gasteiger partial charge in [-0.1, -0.05) is 19.3 Å². The van der Waals surface area contributed by atoms with Gasteiger partial charge in [0.25, 0.3) is 0 Å². The lowest BCUT2D eigenvalue weighted by Gasteiger charge is -2.48. The summed E-state index contributed by atoms with van der Waals surface area (Å²) in [4.78, 5) is 27.5. The largest absolute Gasteiger partial charge is 0.385 e. The number of nitrogens with one attached hydrogen (secondary N) is 1. The fraction of sp³-hybridized carbons (Fsp3) is 0.875. The maximum absolute atomic E-state index is 13.1. The van der Waals surface area contributed by atoms with Gasteiger partial charge in [0.15, 0.2) is 0 Å². The maximum atomic E-state index is 13.1. The SMILES string of the molecule is COCCCN1C(=O)C2(CCCCC2)NC(=O)C1C1CC1. The third-order valence-corrected chi connectivity index (χ3v) is 5.16. The van der Waals surface area contributed by atoms with Gasteiger partial charge >= 0.3 is 0 Å². The molecule has 2 saturated carbocycles. The van der Waals surface area contributed by atoms with Crippen molar-refractivity contribution >= 4 is 11.8 Å². The lowest BCUT2D eigenvalue weighted by Crippen LogP contribution is -2.71. The first-order valence-electron chi connectivity index (χ1n) is 8.30. The highest BCUT2D eigenvalue weighted by Crippen LogP contribution is 2.41. The molecule has 5 heteroatoms. The fourth-order valence-electron chi connectivity index (χ4n) is 3.90. The molecule has 3 aliphatic rings. The summed E-state index contributed by atoms with van der Waals surface area (Å²) in [6.45, 7) is 1.28. The number of rotatable bonds is 5. The summed E-state index contributed by atoms with van der Waals surface area (Å²) in [6, 6.07) is -0.234. The Morgan fingerprint density at radius 3 is 2.57 bits per heavy atom. The molecular weight excluding hydrogens is 268 g/mol. The van der Waals surface area contributed by atoms with Crippen LogP contribution in [-0.4, -0.2) is 48.6 Å². The molecule has 0 bridgehead atoms. The average molecular weight is 294 g/mol. The monoisotopic (exact) mass is 294 g/mol. The van der Waals surface area contributed by atoms with Crippen LogP contribution in [0.5, 0.6) is 0 Å². The molecule has 0 aromatic carbocycles. The summed E-state index contributed by atoms with van der Waals surface area (Å²) >= 11 is 0. The van der Waals surface area contributed by atoms with E-state index in [-0.39, 0.29) is 17.9 Å². The van der Waals surface area contributed by atoms with Crippen LogP contribution in [0.2, 0.25) is 0 Å². The zero-order valence-corrected chi connectivity index (χ0v) is 12.9. The number of carbonyl (C=O) groups is 2. The smallest absolute Gasteiger partial charge is 0.249 e. The lowest BCUT2D eigenvalue weighted by atomic mass is 9.78. The Labute approximate surface area is 126 Å². The standard InChI is InChI=1S/C16H26N2O3/c1-21-11-5-10-18-13(12-6-7-12)14(19)17-16(15(18)20)8-3-2-4-9-16/h12-13H,2-11H2,1H3,(H,17,19). The van der Waals surface area contributed by atoms with E-state index < -0.39 is 5.54 Å². The van der Waals surface area contributed by atoms with Gasteiger partial charge in [0.1, 0.15) is 11.6 Å². The molecule has 1 N–H and O–H groups in total. The van der Waals surface area contributed by atoms with Gasteiger partial charge in [-0.05, 0) is 38.0 Å². The summed E-state index contributed by atoms with van der Waals surface area (Å²) < 4.78 is 5.10. The summed E-state index contributed by atoms with van der Waals surface area (Å²) in [6.07, 6.45) is 7.78. The summed E-state index contributed by atoms with van der Waals surface area (Å²) in [5.41, 5.74) is -0.603. The highest BCUT2D eigenvalue weighted by atomic mass is 16.5. The predicted molar refractivity (Wildman–Crippen MR) is 78.7 cm³/mol. The third kappa shape index (κ3) is 2.80. The van der Waals surface area contributed by atoms with E-state index in [0.29, 0.717) is 19.1 Å². The minimum Gasteiger partial charge on any atom is -0.385 e. The van der Waals surface area contributed by atoms with E-state index in [0.717, 1.165) is 44.9 Å². The van der Waals surface area contributed by atoms with Gasteiger partial charge in [-0.15, -0.1) is 0 Å². The van der Waals surface area contributed by atoms with Gasteiger partial charge in [-0.3, -0.25) is 9.59 Å². The van der Waals surface area contributed by atoms with Crippen LogP contribution < -0.4 is 5.32 Å². The van der Waals surface area contributed by atoms with Gasteiger partial charge < -0.3 is 15.0 Å². The van der Waals surface area contributed by atoms with Crippen molar-refractivity contribution in [2.45, 2.75) is 62.9 Å². The van der Waals surface area contributed by atoms with Crippen molar-refractivity contribution in [3.63, 3.8) is 0 Å². The second-order valence-corrected chi connectivity index (χ2v) is 6.76. The average Bonchev–Trinajstić information content (AvgIpc) is 3.30. The molecule has 1 aliphatic heterocycles. The van der Waals surface area contributed by atoms with E-state index in [2.05, 4.69) is 5.32 Å². The zero-order chi connectivity index (χ0) is 14.9. The molecule has 3 rings (SSSR count). The number of carbonyl (C=O) groups excluding carboxylic acids is 2. The van der Waals surface area contributed by atoms with Crippen molar-refractivity contribution in [3.8, 4) is 0 Å². The van der Waals surface area contributed by atoms with E-state index in [1.54, 1.807) is 7.11 Å². The summed E-state index contributed by atoms with van der Waals surface area (Å²) in [5, 5.41) is 3.11. The number of piperazine rings is 1. The Kier molecular flexibility index (Phi) is 4.20. The molecule has 21 heavy (non-hydrogen) atoms. The number of hydrogen-bond acceptors (Lipinski definition) is 3.